The maximum absolute atomic E-state index is 9.49. The van der Waals surface area contributed by atoms with E-state index in [2.05, 4.69) is 15.9 Å². The van der Waals surface area contributed by atoms with Gasteiger partial charge in [0.2, 0.25) is 0 Å². The highest BCUT2D eigenvalue weighted by atomic mass is 79.9. The van der Waals surface area contributed by atoms with Crippen molar-refractivity contribution in [2.75, 3.05) is 6.61 Å². The minimum absolute atomic E-state index is 0.453. The molecule has 1 aromatic carbocycles. The second kappa shape index (κ2) is 4.54. The second-order valence-corrected chi connectivity index (χ2v) is 5.07. The van der Waals surface area contributed by atoms with Gasteiger partial charge in [0.1, 0.15) is 5.75 Å². The molecule has 3 heteroatoms. The summed E-state index contributed by atoms with van der Waals surface area (Å²) in [6.07, 6.45) is 2.12. The fourth-order valence-electron chi connectivity index (χ4n) is 1.41. The Bertz CT molecular complexity index is 345. The molecule has 1 aromatic rings. The highest BCUT2D eigenvalue weighted by molar-refractivity contribution is 9.10. The maximum Gasteiger partial charge on any atom is 0.120 e. The third kappa shape index (κ3) is 3.21. The Kier molecular flexibility index (Phi) is 3.32. The van der Waals surface area contributed by atoms with Gasteiger partial charge in [0.15, 0.2) is 0 Å². The second-order valence-electron chi connectivity index (χ2n) is 4.15. The number of hydrogen-bond acceptors (Lipinski definition) is 2. The van der Waals surface area contributed by atoms with E-state index in [1.165, 1.54) is 12.8 Å². The summed E-state index contributed by atoms with van der Waals surface area (Å²) in [6, 6.07) is 5.75. The Labute approximate surface area is 98.4 Å². The van der Waals surface area contributed by atoms with Crippen molar-refractivity contribution in [2.24, 2.45) is 5.92 Å². The molecule has 0 saturated heterocycles. The number of aliphatic hydroxyl groups is 1. The van der Waals surface area contributed by atoms with Crippen molar-refractivity contribution in [3.8, 4) is 5.75 Å². The molecule has 1 fully saturated rings. The van der Waals surface area contributed by atoms with E-state index in [9.17, 15) is 5.11 Å². The largest absolute Gasteiger partial charge is 0.493 e. The number of benzene rings is 1. The van der Waals surface area contributed by atoms with Gasteiger partial charge >= 0.3 is 0 Å². The number of ether oxygens (including phenoxy) is 1. The summed E-state index contributed by atoms with van der Waals surface area (Å²) in [5.74, 6) is 1.59. The first-order valence-corrected chi connectivity index (χ1v) is 6.06. The van der Waals surface area contributed by atoms with Crippen molar-refractivity contribution in [1.82, 2.24) is 0 Å². The Balaban J connectivity index is 2.07. The van der Waals surface area contributed by atoms with E-state index < -0.39 is 6.10 Å². The first kappa shape index (κ1) is 11.0. The lowest BCUT2D eigenvalue weighted by molar-refractivity contribution is 0.198. The van der Waals surface area contributed by atoms with Crippen molar-refractivity contribution in [1.29, 1.82) is 0 Å². The normalized spacial score (nSPS) is 17.5. The molecule has 1 aliphatic rings. The average Bonchev–Trinajstić information content (AvgIpc) is 2.97. The van der Waals surface area contributed by atoms with Gasteiger partial charge in [0.05, 0.1) is 12.7 Å². The van der Waals surface area contributed by atoms with Crippen LogP contribution in [0.5, 0.6) is 5.75 Å². The molecule has 2 rings (SSSR count). The Hall–Kier alpha value is -0.540. The summed E-state index contributed by atoms with van der Waals surface area (Å²) in [6.45, 7) is 2.56. The van der Waals surface area contributed by atoms with Gasteiger partial charge in [-0.3, -0.25) is 0 Å². The van der Waals surface area contributed by atoms with Crippen LogP contribution in [0.4, 0.5) is 0 Å². The molecule has 0 spiro atoms. The number of hydrogen-bond donors (Lipinski definition) is 1. The van der Waals surface area contributed by atoms with Crippen LogP contribution in [0.2, 0.25) is 0 Å². The fraction of sp³-hybridized carbons (Fsp3) is 0.500. The average molecular weight is 271 g/mol. The van der Waals surface area contributed by atoms with Crippen LogP contribution in [0.3, 0.4) is 0 Å². The molecular weight excluding hydrogens is 256 g/mol. The molecule has 1 aliphatic carbocycles. The van der Waals surface area contributed by atoms with Crippen molar-refractivity contribution >= 4 is 15.9 Å². The Morgan fingerprint density at radius 1 is 1.47 bits per heavy atom. The zero-order valence-electron chi connectivity index (χ0n) is 8.74. The zero-order valence-corrected chi connectivity index (χ0v) is 10.3. The van der Waals surface area contributed by atoms with Crippen LogP contribution in [0.15, 0.2) is 22.7 Å². The van der Waals surface area contributed by atoms with E-state index in [-0.39, 0.29) is 0 Å². The third-order valence-corrected chi connectivity index (χ3v) is 3.02. The monoisotopic (exact) mass is 270 g/mol. The predicted molar refractivity (Wildman–Crippen MR) is 63.0 cm³/mol. The molecule has 0 aromatic heterocycles. The fourth-order valence-corrected chi connectivity index (χ4v) is 1.90. The number of halogens is 1. The molecule has 1 unspecified atom stereocenters. The molecule has 0 radical (unpaired) electrons. The minimum Gasteiger partial charge on any atom is -0.493 e. The first-order chi connectivity index (χ1) is 7.15. The summed E-state index contributed by atoms with van der Waals surface area (Å²) in [5.41, 5.74) is 0.884. The summed E-state index contributed by atoms with van der Waals surface area (Å²) in [5, 5.41) is 9.49. The molecule has 82 valence electrons. The van der Waals surface area contributed by atoms with Gasteiger partial charge in [-0.15, -0.1) is 0 Å². The molecule has 1 N–H and O–H groups in total. The molecule has 0 heterocycles. The van der Waals surface area contributed by atoms with E-state index in [0.29, 0.717) is 0 Å². The van der Waals surface area contributed by atoms with Crippen molar-refractivity contribution in [3.63, 3.8) is 0 Å². The van der Waals surface area contributed by atoms with Crippen LogP contribution in [0, 0.1) is 5.92 Å². The van der Waals surface area contributed by atoms with Crippen LogP contribution in [0.25, 0.3) is 0 Å². The lowest BCUT2D eigenvalue weighted by Crippen LogP contribution is -2.00. The summed E-state index contributed by atoms with van der Waals surface area (Å²) >= 11 is 3.41. The molecule has 0 bridgehead atoms. The topological polar surface area (TPSA) is 29.5 Å². The van der Waals surface area contributed by atoms with Gasteiger partial charge in [-0.05, 0) is 49.4 Å². The lowest BCUT2D eigenvalue weighted by atomic mass is 10.1. The Morgan fingerprint density at radius 2 is 2.20 bits per heavy atom. The molecule has 1 atom stereocenters. The van der Waals surface area contributed by atoms with Gasteiger partial charge in [0, 0.05) is 4.47 Å². The van der Waals surface area contributed by atoms with Crippen LogP contribution in [-0.2, 0) is 0 Å². The molecule has 15 heavy (non-hydrogen) atoms. The highest BCUT2D eigenvalue weighted by Crippen LogP contribution is 2.31. The summed E-state index contributed by atoms with van der Waals surface area (Å²) in [4.78, 5) is 0. The van der Waals surface area contributed by atoms with Gasteiger partial charge in [-0.2, -0.15) is 0 Å². The van der Waals surface area contributed by atoms with E-state index in [1.54, 1.807) is 6.92 Å². The molecule has 0 aliphatic heterocycles. The predicted octanol–water partition coefficient (Wildman–Crippen LogP) is 3.29. The van der Waals surface area contributed by atoms with E-state index in [0.717, 1.165) is 28.3 Å². The zero-order chi connectivity index (χ0) is 10.8. The van der Waals surface area contributed by atoms with Gasteiger partial charge in [0.25, 0.3) is 0 Å². The van der Waals surface area contributed by atoms with E-state index in [4.69, 9.17) is 4.74 Å². The summed E-state index contributed by atoms with van der Waals surface area (Å²) < 4.78 is 6.61. The molecule has 2 nitrogen and oxygen atoms in total. The van der Waals surface area contributed by atoms with Crippen LogP contribution >= 0.6 is 15.9 Å². The lowest BCUT2D eigenvalue weighted by Gasteiger charge is -2.10. The molecule has 1 saturated carbocycles. The third-order valence-electron chi connectivity index (χ3n) is 2.56. The summed E-state index contributed by atoms with van der Waals surface area (Å²) in [7, 11) is 0. The van der Waals surface area contributed by atoms with Gasteiger partial charge < -0.3 is 9.84 Å². The standard InChI is InChI=1S/C12H15BrO2/c1-8(14)10-4-11(13)6-12(5-10)15-7-9-2-3-9/h4-6,8-9,14H,2-3,7H2,1H3. The maximum atomic E-state index is 9.49. The Morgan fingerprint density at radius 3 is 2.80 bits per heavy atom. The van der Waals surface area contributed by atoms with Crippen molar-refractivity contribution in [2.45, 2.75) is 25.9 Å². The van der Waals surface area contributed by atoms with Gasteiger partial charge in [-0.25, -0.2) is 0 Å². The van der Waals surface area contributed by atoms with Crippen molar-refractivity contribution in [3.05, 3.63) is 28.2 Å². The highest BCUT2D eigenvalue weighted by Gasteiger charge is 2.22. The number of rotatable bonds is 4. The first-order valence-electron chi connectivity index (χ1n) is 5.26. The smallest absolute Gasteiger partial charge is 0.120 e. The van der Waals surface area contributed by atoms with Crippen LogP contribution in [-0.4, -0.2) is 11.7 Å². The molecular formula is C12H15BrO2. The molecule has 0 amide bonds. The van der Waals surface area contributed by atoms with E-state index in [1.807, 2.05) is 18.2 Å². The van der Waals surface area contributed by atoms with E-state index >= 15 is 0 Å². The number of aliphatic hydroxyl groups excluding tert-OH is 1. The minimum atomic E-state index is -0.453. The quantitative estimate of drug-likeness (QED) is 0.910. The van der Waals surface area contributed by atoms with Crippen LogP contribution in [0.1, 0.15) is 31.4 Å². The van der Waals surface area contributed by atoms with Crippen LogP contribution < -0.4 is 4.74 Å². The van der Waals surface area contributed by atoms with Crippen molar-refractivity contribution < 1.29 is 9.84 Å². The van der Waals surface area contributed by atoms with Gasteiger partial charge in [-0.1, -0.05) is 15.9 Å². The SMILES string of the molecule is CC(O)c1cc(Br)cc(OCC2CC2)c1.